The first-order valence-electron chi connectivity index (χ1n) is 4.94. The molecule has 3 nitrogen and oxygen atoms in total. The lowest BCUT2D eigenvalue weighted by molar-refractivity contribution is 0.603. The summed E-state index contributed by atoms with van der Waals surface area (Å²) in [5, 5.41) is 0. The molecule has 0 saturated carbocycles. The monoisotopic (exact) mass is 194 g/mol. The van der Waals surface area contributed by atoms with Crippen molar-refractivity contribution in [1.82, 2.24) is 4.57 Å². The van der Waals surface area contributed by atoms with Gasteiger partial charge >= 0.3 is 0 Å². The minimum absolute atomic E-state index is 0.0330. The zero-order valence-electron chi connectivity index (χ0n) is 9.08. The molecule has 0 amide bonds. The first kappa shape index (κ1) is 11.0. The SMILES string of the molecule is CC(C)Cc1ccc(CN)c(=O)n1C. The number of nitrogens with zero attached hydrogens (tertiary/aromatic N) is 1. The van der Waals surface area contributed by atoms with Crippen LogP contribution in [0.15, 0.2) is 16.9 Å². The molecule has 1 rings (SSSR count). The van der Waals surface area contributed by atoms with Crippen molar-refractivity contribution in [3.63, 3.8) is 0 Å². The second-order valence-electron chi connectivity index (χ2n) is 4.02. The van der Waals surface area contributed by atoms with Crippen LogP contribution < -0.4 is 11.3 Å². The summed E-state index contributed by atoms with van der Waals surface area (Å²) in [6.07, 6.45) is 0.927. The first-order chi connectivity index (χ1) is 6.56. The third kappa shape index (κ3) is 2.23. The lowest BCUT2D eigenvalue weighted by Gasteiger charge is -2.11. The standard InChI is InChI=1S/C11H18N2O/c1-8(2)6-10-5-4-9(7-12)11(14)13(10)3/h4-5,8H,6-7,12H2,1-3H3. The fourth-order valence-electron chi connectivity index (χ4n) is 1.50. The van der Waals surface area contributed by atoms with E-state index in [0.29, 0.717) is 18.0 Å². The van der Waals surface area contributed by atoms with Gasteiger partial charge < -0.3 is 10.3 Å². The molecular weight excluding hydrogens is 176 g/mol. The number of hydrogen-bond donors (Lipinski definition) is 1. The van der Waals surface area contributed by atoms with Crippen molar-refractivity contribution in [2.75, 3.05) is 0 Å². The molecule has 1 heterocycles. The van der Waals surface area contributed by atoms with Gasteiger partial charge in [-0.2, -0.15) is 0 Å². The van der Waals surface area contributed by atoms with Crippen LogP contribution >= 0.6 is 0 Å². The number of rotatable bonds is 3. The number of aromatic nitrogens is 1. The summed E-state index contributed by atoms with van der Waals surface area (Å²) in [5.41, 5.74) is 7.24. The summed E-state index contributed by atoms with van der Waals surface area (Å²) in [4.78, 5) is 11.7. The lowest BCUT2D eigenvalue weighted by Crippen LogP contribution is -2.25. The molecule has 0 fully saturated rings. The Kier molecular flexibility index (Phi) is 3.47. The molecule has 0 atom stereocenters. The topological polar surface area (TPSA) is 48.0 Å². The van der Waals surface area contributed by atoms with Crippen LogP contribution in [-0.4, -0.2) is 4.57 Å². The summed E-state index contributed by atoms with van der Waals surface area (Å²) in [6.45, 7) is 4.59. The van der Waals surface area contributed by atoms with Crippen molar-refractivity contribution in [2.24, 2.45) is 18.7 Å². The average Bonchev–Trinajstić information content (AvgIpc) is 2.13. The van der Waals surface area contributed by atoms with E-state index in [2.05, 4.69) is 13.8 Å². The van der Waals surface area contributed by atoms with Gasteiger partial charge in [0.15, 0.2) is 0 Å². The third-order valence-corrected chi connectivity index (χ3v) is 2.32. The molecule has 1 aromatic heterocycles. The average molecular weight is 194 g/mol. The zero-order chi connectivity index (χ0) is 10.7. The Morgan fingerprint density at radius 1 is 1.43 bits per heavy atom. The lowest BCUT2D eigenvalue weighted by atomic mass is 10.1. The fourth-order valence-corrected chi connectivity index (χ4v) is 1.50. The normalized spacial score (nSPS) is 10.9. The molecule has 0 unspecified atom stereocenters. The van der Waals surface area contributed by atoms with Gasteiger partial charge in [0, 0.05) is 24.8 Å². The van der Waals surface area contributed by atoms with Gasteiger partial charge in [0.25, 0.3) is 5.56 Å². The van der Waals surface area contributed by atoms with E-state index in [0.717, 1.165) is 12.1 Å². The highest BCUT2D eigenvalue weighted by atomic mass is 16.1. The van der Waals surface area contributed by atoms with Crippen LogP contribution in [0, 0.1) is 5.92 Å². The third-order valence-electron chi connectivity index (χ3n) is 2.32. The molecule has 3 heteroatoms. The van der Waals surface area contributed by atoms with E-state index >= 15 is 0 Å². The van der Waals surface area contributed by atoms with Crippen LogP contribution in [-0.2, 0) is 20.0 Å². The predicted octanol–water partition coefficient (Wildman–Crippen LogP) is 1.04. The van der Waals surface area contributed by atoms with Crippen LogP contribution in [0.1, 0.15) is 25.1 Å². The summed E-state index contributed by atoms with van der Waals surface area (Å²) in [6, 6.07) is 3.82. The molecule has 0 aromatic carbocycles. The molecule has 0 radical (unpaired) electrons. The molecule has 0 saturated heterocycles. The minimum Gasteiger partial charge on any atom is -0.326 e. The molecule has 14 heavy (non-hydrogen) atoms. The number of pyridine rings is 1. The molecular formula is C11H18N2O. The van der Waals surface area contributed by atoms with Crippen LogP contribution in [0.5, 0.6) is 0 Å². The Labute approximate surface area is 84.6 Å². The highest BCUT2D eigenvalue weighted by Gasteiger charge is 2.05. The van der Waals surface area contributed by atoms with Gasteiger partial charge in [-0.05, 0) is 18.4 Å². The number of hydrogen-bond acceptors (Lipinski definition) is 2. The van der Waals surface area contributed by atoms with Gasteiger partial charge in [-0.1, -0.05) is 19.9 Å². The molecule has 78 valence electrons. The Balaban J connectivity index is 3.11. The van der Waals surface area contributed by atoms with E-state index in [1.165, 1.54) is 0 Å². The van der Waals surface area contributed by atoms with Gasteiger partial charge in [0.1, 0.15) is 0 Å². The van der Waals surface area contributed by atoms with E-state index in [1.807, 2.05) is 12.1 Å². The summed E-state index contributed by atoms with van der Waals surface area (Å²) < 4.78 is 1.70. The van der Waals surface area contributed by atoms with Gasteiger partial charge in [0.2, 0.25) is 0 Å². The van der Waals surface area contributed by atoms with Crippen molar-refractivity contribution < 1.29 is 0 Å². The van der Waals surface area contributed by atoms with Crippen molar-refractivity contribution in [2.45, 2.75) is 26.8 Å². The van der Waals surface area contributed by atoms with E-state index in [-0.39, 0.29) is 5.56 Å². The van der Waals surface area contributed by atoms with E-state index in [1.54, 1.807) is 11.6 Å². The largest absolute Gasteiger partial charge is 0.326 e. The molecule has 0 bridgehead atoms. The zero-order valence-corrected chi connectivity index (χ0v) is 9.08. The van der Waals surface area contributed by atoms with E-state index < -0.39 is 0 Å². The smallest absolute Gasteiger partial charge is 0.254 e. The van der Waals surface area contributed by atoms with Gasteiger partial charge in [-0.15, -0.1) is 0 Å². The maximum absolute atomic E-state index is 11.7. The Morgan fingerprint density at radius 2 is 2.07 bits per heavy atom. The molecule has 0 aliphatic carbocycles. The Hall–Kier alpha value is -1.09. The molecule has 0 spiro atoms. The van der Waals surface area contributed by atoms with Gasteiger partial charge in [-0.3, -0.25) is 4.79 Å². The highest BCUT2D eigenvalue weighted by molar-refractivity contribution is 5.16. The molecule has 0 aliphatic rings. The maximum atomic E-state index is 11.7. The van der Waals surface area contributed by atoms with Gasteiger partial charge in [-0.25, -0.2) is 0 Å². The Morgan fingerprint density at radius 3 is 2.57 bits per heavy atom. The quantitative estimate of drug-likeness (QED) is 0.781. The van der Waals surface area contributed by atoms with Gasteiger partial charge in [0.05, 0.1) is 0 Å². The van der Waals surface area contributed by atoms with Crippen molar-refractivity contribution >= 4 is 0 Å². The number of nitrogens with two attached hydrogens (primary N) is 1. The van der Waals surface area contributed by atoms with E-state index in [4.69, 9.17) is 5.73 Å². The molecule has 2 N–H and O–H groups in total. The van der Waals surface area contributed by atoms with Crippen LogP contribution in [0.2, 0.25) is 0 Å². The highest BCUT2D eigenvalue weighted by Crippen LogP contribution is 2.05. The maximum Gasteiger partial charge on any atom is 0.254 e. The van der Waals surface area contributed by atoms with Crippen molar-refractivity contribution in [1.29, 1.82) is 0 Å². The summed E-state index contributed by atoms with van der Waals surface area (Å²) >= 11 is 0. The minimum atomic E-state index is 0.0330. The molecule has 1 aromatic rings. The fraction of sp³-hybridized carbons (Fsp3) is 0.545. The molecule has 0 aliphatic heterocycles. The van der Waals surface area contributed by atoms with Crippen molar-refractivity contribution in [3.8, 4) is 0 Å². The van der Waals surface area contributed by atoms with Crippen molar-refractivity contribution in [3.05, 3.63) is 33.7 Å². The van der Waals surface area contributed by atoms with Crippen LogP contribution in [0.3, 0.4) is 0 Å². The summed E-state index contributed by atoms with van der Waals surface area (Å²) in [7, 11) is 1.80. The first-order valence-corrected chi connectivity index (χ1v) is 4.94. The predicted molar refractivity (Wildman–Crippen MR) is 58.1 cm³/mol. The summed E-state index contributed by atoms with van der Waals surface area (Å²) in [5.74, 6) is 0.560. The van der Waals surface area contributed by atoms with E-state index in [9.17, 15) is 4.79 Å². The van der Waals surface area contributed by atoms with Crippen LogP contribution in [0.25, 0.3) is 0 Å². The second kappa shape index (κ2) is 4.42. The second-order valence-corrected chi connectivity index (χ2v) is 4.02. The van der Waals surface area contributed by atoms with Crippen LogP contribution in [0.4, 0.5) is 0 Å². The Bertz CT molecular complexity index is 366.